The van der Waals surface area contributed by atoms with Gasteiger partial charge in [0.05, 0.1) is 10.6 Å². The molecule has 1 atom stereocenters. The van der Waals surface area contributed by atoms with E-state index in [1.54, 1.807) is 30.3 Å². The summed E-state index contributed by atoms with van der Waals surface area (Å²) in [5.74, 6) is -1.27. The van der Waals surface area contributed by atoms with Gasteiger partial charge in [-0.3, -0.25) is 13.9 Å². The average molecular weight is 602 g/mol. The third kappa shape index (κ3) is 8.51. The molecule has 0 aliphatic carbocycles. The summed E-state index contributed by atoms with van der Waals surface area (Å²) in [4.78, 5) is 29.3. The van der Waals surface area contributed by atoms with Crippen molar-refractivity contribution in [3.05, 3.63) is 132 Å². The first-order valence-corrected chi connectivity index (χ1v) is 15.6. The van der Waals surface area contributed by atoms with E-state index in [0.29, 0.717) is 6.54 Å². The Labute approximate surface area is 253 Å². The topological polar surface area (TPSA) is 86.8 Å². The number of sulfonamides is 1. The van der Waals surface area contributed by atoms with E-state index in [1.165, 1.54) is 17.0 Å². The summed E-state index contributed by atoms with van der Waals surface area (Å²) in [5.41, 5.74) is 1.92. The fourth-order valence-electron chi connectivity index (χ4n) is 4.61. The van der Waals surface area contributed by atoms with Crippen molar-refractivity contribution in [3.8, 4) is 0 Å². The van der Waals surface area contributed by atoms with Crippen LogP contribution >= 0.6 is 0 Å². The Hall–Kier alpha value is -4.50. The Balaban J connectivity index is 1.76. The van der Waals surface area contributed by atoms with Gasteiger partial charge >= 0.3 is 0 Å². The zero-order valence-electron chi connectivity index (χ0n) is 24.3. The van der Waals surface area contributed by atoms with Crippen molar-refractivity contribution >= 4 is 27.5 Å². The predicted molar refractivity (Wildman–Crippen MR) is 166 cm³/mol. The van der Waals surface area contributed by atoms with Gasteiger partial charge in [-0.15, -0.1) is 0 Å². The first-order chi connectivity index (χ1) is 20.6. The second kappa shape index (κ2) is 14.6. The van der Waals surface area contributed by atoms with Crippen molar-refractivity contribution in [1.29, 1.82) is 0 Å². The largest absolute Gasteiger partial charge is 0.354 e. The second-order valence-electron chi connectivity index (χ2n) is 10.7. The Morgan fingerprint density at radius 1 is 0.767 bits per heavy atom. The van der Waals surface area contributed by atoms with Crippen LogP contribution in [0.3, 0.4) is 0 Å². The number of carbonyl (C=O) groups is 2. The first-order valence-electron chi connectivity index (χ1n) is 14.1. The number of benzene rings is 4. The number of hydrogen-bond donors (Lipinski definition) is 1. The Bertz CT molecular complexity index is 1580. The van der Waals surface area contributed by atoms with Crippen LogP contribution in [0.1, 0.15) is 25.0 Å². The van der Waals surface area contributed by atoms with Crippen LogP contribution < -0.4 is 9.62 Å². The number of anilines is 1. The van der Waals surface area contributed by atoms with Crippen molar-refractivity contribution in [2.45, 2.75) is 37.8 Å². The van der Waals surface area contributed by atoms with Gasteiger partial charge in [0, 0.05) is 19.5 Å². The molecular weight excluding hydrogens is 565 g/mol. The number of nitrogens with zero attached hydrogens (tertiary/aromatic N) is 2. The van der Waals surface area contributed by atoms with E-state index in [4.69, 9.17) is 0 Å². The van der Waals surface area contributed by atoms with Crippen molar-refractivity contribution in [2.75, 3.05) is 17.4 Å². The highest BCUT2D eigenvalue weighted by Gasteiger charge is 2.34. The summed E-state index contributed by atoms with van der Waals surface area (Å²) in [6.07, 6.45) is 0.236. The van der Waals surface area contributed by atoms with Gasteiger partial charge in [0.15, 0.2) is 0 Å². The molecule has 0 aliphatic heterocycles. The van der Waals surface area contributed by atoms with E-state index in [2.05, 4.69) is 5.32 Å². The third-order valence-corrected chi connectivity index (χ3v) is 8.66. The van der Waals surface area contributed by atoms with Crippen molar-refractivity contribution in [2.24, 2.45) is 5.92 Å². The molecule has 1 unspecified atom stereocenters. The number of halogens is 1. The van der Waals surface area contributed by atoms with Gasteiger partial charge < -0.3 is 10.2 Å². The summed E-state index contributed by atoms with van der Waals surface area (Å²) < 4.78 is 42.4. The Morgan fingerprint density at radius 2 is 1.30 bits per heavy atom. The van der Waals surface area contributed by atoms with Crippen LogP contribution in [0, 0.1) is 11.7 Å². The van der Waals surface area contributed by atoms with E-state index in [0.717, 1.165) is 27.6 Å². The summed E-state index contributed by atoms with van der Waals surface area (Å²) in [6.45, 7) is 3.91. The van der Waals surface area contributed by atoms with Crippen molar-refractivity contribution in [1.82, 2.24) is 10.2 Å². The van der Waals surface area contributed by atoms with Crippen LogP contribution in [-0.4, -0.2) is 44.3 Å². The first kappa shape index (κ1) is 31.4. The van der Waals surface area contributed by atoms with Gasteiger partial charge in [-0.25, -0.2) is 12.8 Å². The molecule has 9 heteroatoms. The molecule has 7 nitrogen and oxygen atoms in total. The summed E-state index contributed by atoms with van der Waals surface area (Å²) >= 11 is 0. The minimum Gasteiger partial charge on any atom is -0.354 e. The number of amides is 2. The lowest BCUT2D eigenvalue weighted by atomic mass is 10.0. The van der Waals surface area contributed by atoms with E-state index < -0.39 is 34.3 Å². The van der Waals surface area contributed by atoms with E-state index >= 15 is 0 Å². The molecule has 0 bridgehead atoms. The SMILES string of the molecule is CC(C)CNC(=O)C(Cc1ccccc1)N(Cc1ccccc1)C(=O)CN(c1ccccc1)S(=O)(=O)c1ccc(F)cc1. The summed E-state index contributed by atoms with van der Waals surface area (Å²) in [7, 11) is -4.28. The van der Waals surface area contributed by atoms with Gasteiger partial charge in [0.25, 0.3) is 10.0 Å². The molecule has 0 radical (unpaired) electrons. The van der Waals surface area contributed by atoms with Crippen LogP contribution in [-0.2, 0) is 32.6 Å². The lowest BCUT2D eigenvalue weighted by Gasteiger charge is -2.34. The van der Waals surface area contributed by atoms with Gasteiger partial charge in [-0.1, -0.05) is 92.7 Å². The quantitative estimate of drug-likeness (QED) is 0.221. The van der Waals surface area contributed by atoms with Crippen molar-refractivity contribution in [3.63, 3.8) is 0 Å². The molecule has 1 N–H and O–H groups in total. The summed E-state index contributed by atoms with van der Waals surface area (Å²) in [5, 5.41) is 2.97. The van der Waals surface area contributed by atoms with Gasteiger partial charge in [-0.05, 0) is 53.4 Å². The maximum Gasteiger partial charge on any atom is 0.264 e. The van der Waals surface area contributed by atoms with Crippen molar-refractivity contribution < 1.29 is 22.4 Å². The second-order valence-corrected chi connectivity index (χ2v) is 12.5. The molecule has 0 heterocycles. The Kier molecular flexibility index (Phi) is 10.7. The highest BCUT2D eigenvalue weighted by atomic mass is 32.2. The minimum atomic E-state index is -4.28. The fraction of sp³-hybridized carbons (Fsp3) is 0.235. The molecule has 0 fully saturated rings. The van der Waals surface area contributed by atoms with Gasteiger partial charge in [-0.2, -0.15) is 0 Å². The maximum absolute atomic E-state index is 14.3. The number of rotatable bonds is 13. The lowest BCUT2D eigenvalue weighted by molar-refractivity contribution is -0.140. The molecule has 224 valence electrons. The molecule has 0 spiro atoms. The van der Waals surface area contributed by atoms with Crippen LogP contribution in [0.15, 0.2) is 120 Å². The van der Waals surface area contributed by atoms with E-state index in [9.17, 15) is 22.4 Å². The highest BCUT2D eigenvalue weighted by Crippen LogP contribution is 2.25. The smallest absolute Gasteiger partial charge is 0.264 e. The molecule has 0 aliphatic rings. The molecule has 4 aromatic carbocycles. The fourth-order valence-corrected chi connectivity index (χ4v) is 6.03. The molecule has 0 saturated heterocycles. The minimum absolute atomic E-state index is 0.0888. The normalized spacial score (nSPS) is 12.0. The molecule has 0 aromatic heterocycles. The maximum atomic E-state index is 14.3. The van der Waals surface area contributed by atoms with Crippen LogP contribution in [0.4, 0.5) is 10.1 Å². The molecule has 2 amide bonds. The van der Waals surface area contributed by atoms with E-state index in [1.807, 2.05) is 74.5 Å². The molecule has 43 heavy (non-hydrogen) atoms. The monoisotopic (exact) mass is 601 g/mol. The number of hydrogen-bond acceptors (Lipinski definition) is 4. The zero-order valence-corrected chi connectivity index (χ0v) is 25.1. The molecule has 0 saturated carbocycles. The van der Waals surface area contributed by atoms with Crippen LogP contribution in [0.25, 0.3) is 0 Å². The van der Waals surface area contributed by atoms with E-state index in [-0.39, 0.29) is 35.4 Å². The highest BCUT2D eigenvalue weighted by molar-refractivity contribution is 7.92. The number of carbonyl (C=O) groups excluding carboxylic acids is 2. The number of nitrogens with one attached hydrogen (secondary N) is 1. The summed E-state index contributed by atoms with van der Waals surface area (Å²) in [6, 6.07) is 30.5. The average Bonchev–Trinajstić information content (AvgIpc) is 3.01. The third-order valence-electron chi connectivity index (χ3n) is 6.88. The van der Waals surface area contributed by atoms with Gasteiger partial charge in [0.2, 0.25) is 11.8 Å². The standard InChI is InChI=1S/C34H36FN3O4S/c1-26(2)23-36-34(40)32(22-27-12-6-3-7-13-27)37(24-28-14-8-4-9-15-28)33(39)25-38(30-16-10-5-11-17-30)43(41,42)31-20-18-29(35)19-21-31/h3-21,26,32H,22-25H2,1-2H3,(H,36,40). The number of para-hydroxylation sites is 1. The molecular formula is C34H36FN3O4S. The van der Waals surface area contributed by atoms with Gasteiger partial charge in [0.1, 0.15) is 18.4 Å². The molecule has 4 rings (SSSR count). The lowest BCUT2D eigenvalue weighted by Crippen LogP contribution is -2.53. The van der Waals surface area contributed by atoms with Crippen LogP contribution in [0.5, 0.6) is 0 Å². The molecule has 4 aromatic rings. The predicted octanol–water partition coefficient (Wildman–Crippen LogP) is 5.43. The Morgan fingerprint density at radius 3 is 1.86 bits per heavy atom. The van der Waals surface area contributed by atoms with Crippen LogP contribution in [0.2, 0.25) is 0 Å². The zero-order chi connectivity index (χ0) is 30.8.